The van der Waals surface area contributed by atoms with E-state index in [2.05, 4.69) is 20.4 Å². The van der Waals surface area contributed by atoms with E-state index in [1.807, 2.05) is 24.3 Å². The average Bonchev–Trinajstić information content (AvgIpc) is 2.77. The molecule has 4 rings (SSSR count). The fourth-order valence-electron chi connectivity index (χ4n) is 2.99. The first-order valence-corrected chi connectivity index (χ1v) is 9.75. The largest absolute Gasteiger partial charge is 0.487 e. The van der Waals surface area contributed by atoms with E-state index in [9.17, 15) is 4.39 Å². The number of halogens is 2. The average molecular weight is 437 g/mol. The third kappa shape index (κ3) is 5.07. The maximum atomic E-state index is 13.3. The SMILES string of the molecule is CO/N=C/c1ccc2ncnc(Nc3ccc(OCc4cccc(F)c4)c(Cl)c3)c2c1. The van der Waals surface area contributed by atoms with Gasteiger partial charge in [0.2, 0.25) is 0 Å². The standard InChI is InChI=1S/C23H18ClFN4O2/c1-30-28-12-15-5-7-21-19(10-15)23(27-14-26-21)29-18-6-8-22(20(24)11-18)31-13-16-3-2-4-17(25)9-16/h2-12,14H,13H2,1H3,(H,26,27,29)/b28-12+. The van der Waals surface area contributed by atoms with Crippen molar-refractivity contribution < 1.29 is 14.0 Å². The van der Waals surface area contributed by atoms with E-state index in [1.165, 1.54) is 25.6 Å². The fraction of sp³-hybridized carbons (Fsp3) is 0.0870. The van der Waals surface area contributed by atoms with E-state index in [1.54, 1.807) is 30.5 Å². The first kappa shape index (κ1) is 20.6. The van der Waals surface area contributed by atoms with E-state index in [4.69, 9.17) is 21.2 Å². The molecule has 0 aliphatic carbocycles. The molecule has 0 saturated carbocycles. The summed E-state index contributed by atoms with van der Waals surface area (Å²) in [6.45, 7) is 0.215. The molecule has 156 valence electrons. The molecule has 4 aromatic rings. The van der Waals surface area contributed by atoms with Crippen LogP contribution in [0.5, 0.6) is 5.75 Å². The van der Waals surface area contributed by atoms with Crippen molar-refractivity contribution in [3.05, 3.63) is 89.0 Å². The molecule has 31 heavy (non-hydrogen) atoms. The van der Waals surface area contributed by atoms with Gasteiger partial charge in [-0.2, -0.15) is 0 Å². The number of rotatable bonds is 7. The molecule has 0 unspecified atom stereocenters. The van der Waals surface area contributed by atoms with Gasteiger partial charge in [0.15, 0.2) is 0 Å². The van der Waals surface area contributed by atoms with E-state index < -0.39 is 0 Å². The Balaban J connectivity index is 1.53. The van der Waals surface area contributed by atoms with Crippen LogP contribution in [0.4, 0.5) is 15.9 Å². The van der Waals surface area contributed by atoms with Gasteiger partial charge in [0, 0.05) is 11.1 Å². The molecule has 0 aliphatic heterocycles. The molecule has 0 amide bonds. The van der Waals surface area contributed by atoms with Gasteiger partial charge in [-0.1, -0.05) is 35.0 Å². The molecular formula is C23H18ClFN4O2. The Hall–Kier alpha value is -3.71. The summed E-state index contributed by atoms with van der Waals surface area (Å²) in [5, 5.41) is 8.30. The molecular weight excluding hydrogens is 419 g/mol. The Morgan fingerprint density at radius 3 is 2.81 bits per heavy atom. The third-order valence-corrected chi connectivity index (χ3v) is 4.74. The van der Waals surface area contributed by atoms with Crippen molar-refractivity contribution in [1.29, 1.82) is 0 Å². The molecule has 0 spiro atoms. The van der Waals surface area contributed by atoms with Crippen molar-refractivity contribution in [2.24, 2.45) is 5.16 Å². The highest BCUT2D eigenvalue weighted by atomic mass is 35.5. The van der Waals surface area contributed by atoms with Gasteiger partial charge in [0.05, 0.1) is 16.8 Å². The summed E-state index contributed by atoms with van der Waals surface area (Å²) in [7, 11) is 1.49. The Morgan fingerprint density at radius 2 is 2.00 bits per heavy atom. The summed E-state index contributed by atoms with van der Waals surface area (Å²) in [5.41, 5.74) is 3.09. The van der Waals surface area contributed by atoms with Gasteiger partial charge in [-0.3, -0.25) is 0 Å². The molecule has 3 aromatic carbocycles. The van der Waals surface area contributed by atoms with Crippen molar-refractivity contribution in [3.8, 4) is 5.75 Å². The summed E-state index contributed by atoms with van der Waals surface area (Å²) in [4.78, 5) is 13.4. The summed E-state index contributed by atoms with van der Waals surface area (Å²) in [6.07, 6.45) is 3.10. The molecule has 8 heteroatoms. The Labute approximate surface area is 183 Å². The van der Waals surface area contributed by atoms with Gasteiger partial charge in [-0.15, -0.1) is 0 Å². The number of hydrogen-bond acceptors (Lipinski definition) is 6. The minimum absolute atomic E-state index is 0.215. The zero-order valence-electron chi connectivity index (χ0n) is 16.5. The first-order chi connectivity index (χ1) is 15.1. The van der Waals surface area contributed by atoms with Gasteiger partial charge in [0.25, 0.3) is 0 Å². The van der Waals surface area contributed by atoms with E-state index in [0.29, 0.717) is 16.6 Å². The first-order valence-electron chi connectivity index (χ1n) is 9.37. The number of hydrogen-bond donors (Lipinski definition) is 1. The van der Waals surface area contributed by atoms with Gasteiger partial charge >= 0.3 is 0 Å². The monoisotopic (exact) mass is 436 g/mol. The lowest BCUT2D eigenvalue weighted by Gasteiger charge is -2.12. The number of anilines is 2. The van der Waals surface area contributed by atoms with E-state index in [0.717, 1.165) is 27.7 Å². The van der Waals surface area contributed by atoms with Crippen molar-refractivity contribution in [3.63, 3.8) is 0 Å². The Morgan fingerprint density at radius 1 is 1.10 bits per heavy atom. The van der Waals surface area contributed by atoms with Crippen LogP contribution in [0.25, 0.3) is 10.9 Å². The van der Waals surface area contributed by atoms with Crippen LogP contribution in [0.15, 0.2) is 72.1 Å². The molecule has 0 saturated heterocycles. The number of fused-ring (bicyclic) bond motifs is 1. The molecule has 1 aromatic heterocycles. The third-order valence-electron chi connectivity index (χ3n) is 4.44. The molecule has 1 heterocycles. The number of ether oxygens (including phenoxy) is 1. The van der Waals surface area contributed by atoms with Crippen molar-refractivity contribution in [2.75, 3.05) is 12.4 Å². The minimum Gasteiger partial charge on any atom is -0.487 e. The van der Waals surface area contributed by atoms with Crippen LogP contribution in [-0.2, 0) is 11.4 Å². The summed E-state index contributed by atoms with van der Waals surface area (Å²) in [5.74, 6) is 0.824. The number of benzene rings is 3. The second kappa shape index (κ2) is 9.40. The zero-order chi connectivity index (χ0) is 21.6. The highest BCUT2D eigenvalue weighted by Crippen LogP contribution is 2.31. The smallest absolute Gasteiger partial charge is 0.141 e. The lowest BCUT2D eigenvalue weighted by Crippen LogP contribution is -1.99. The fourth-order valence-corrected chi connectivity index (χ4v) is 3.22. The van der Waals surface area contributed by atoms with Crippen LogP contribution in [-0.4, -0.2) is 23.3 Å². The summed E-state index contributed by atoms with van der Waals surface area (Å²) in [6, 6.07) is 17.3. The van der Waals surface area contributed by atoms with Gasteiger partial charge < -0.3 is 14.9 Å². The van der Waals surface area contributed by atoms with Crippen LogP contribution in [0, 0.1) is 5.82 Å². The second-order valence-electron chi connectivity index (χ2n) is 6.60. The summed E-state index contributed by atoms with van der Waals surface area (Å²) < 4.78 is 19.0. The number of nitrogens with zero attached hydrogens (tertiary/aromatic N) is 3. The summed E-state index contributed by atoms with van der Waals surface area (Å²) >= 11 is 6.39. The zero-order valence-corrected chi connectivity index (χ0v) is 17.3. The van der Waals surface area contributed by atoms with Crippen molar-refractivity contribution in [2.45, 2.75) is 6.61 Å². The van der Waals surface area contributed by atoms with Crippen LogP contribution < -0.4 is 10.1 Å². The maximum Gasteiger partial charge on any atom is 0.141 e. The number of nitrogens with one attached hydrogen (secondary N) is 1. The lowest BCUT2D eigenvalue weighted by molar-refractivity contribution is 0.215. The predicted octanol–water partition coefficient (Wildman–Crippen LogP) is 5.73. The van der Waals surface area contributed by atoms with Gasteiger partial charge in [-0.25, -0.2) is 14.4 Å². The molecule has 0 fully saturated rings. The maximum absolute atomic E-state index is 13.3. The highest BCUT2D eigenvalue weighted by Gasteiger charge is 2.08. The minimum atomic E-state index is -0.305. The topological polar surface area (TPSA) is 68.6 Å². The lowest BCUT2D eigenvalue weighted by atomic mass is 10.1. The van der Waals surface area contributed by atoms with E-state index >= 15 is 0 Å². The highest BCUT2D eigenvalue weighted by molar-refractivity contribution is 6.32. The van der Waals surface area contributed by atoms with E-state index in [-0.39, 0.29) is 12.4 Å². The Kier molecular flexibility index (Phi) is 6.24. The van der Waals surface area contributed by atoms with Gasteiger partial charge in [-0.05, 0) is 53.6 Å². The number of oxime groups is 1. The predicted molar refractivity (Wildman–Crippen MR) is 120 cm³/mol. The molecule has 0 radical (unpaired) electrons. The molecule has 0 bridgehead atoms. The Bertz CT molecular complexity index is 1250. The molecule has 0 atom stereocenters. The van der Waals surface area contributed by atoms with Crippen molar-refractivity contribution >= 4 is 40.2 Å². The normalized spacial score (nSPS) is 11.1. The van der Waals surface area contributed by atoms with Crippen LogP contribution in [0.3, 0.4) is 0 Å². The molecule has 0 aliphatic rings. The quantitative estimate of drug-likeness (QED) is 0.296. The van der Waals surface area contributed by atoms with Crippen molar-refractivity contribution in [1.82, 2.24) is 9.97 Å². The molecule has 6 nitrogen and oxygen atoms in total. The van der Waals surface area contributed by atoms with Crippen LogP contribution in [0.2, 0.25) is 5.02 Å². The number of aromatic nitrogens is 2. The van der Waals surface area contributed by atoms with Crippen LogP contribution in [0.1, 0.15) is 11.1 Å². The van der Waals surface area contributed by atoms with Gasteiger partial charge in [0.1, 0.15) is 37.4 Å². The second-order valence-corrected chi connectivity index (χ2v) is 7.01. The van der Waals surface area contributed by atoms with Crippen LogP contribution >= 0.6 is 11.6 Å². The molecule has 1 N–H and O–H groups in total.